The summed E-state index contributed by atoms with van der Waals surface area (Å²) < 4.78 is 4.56. The summed E-state index contributed by atoms with van der Waals surface area (Å²) >= 11 is 3.91. The van der Waals surface area contributed by atoms with Gasteiger partial charge >= 0.3 is 5.97 Å². The lowest BCUT2D eigenvalue weighted by Gasteiger charge is -2.08. The molecule has 0 saturated heterocycles. The van der Waals surface area contributed by atoms with Crippen molar-refractivity contribution in [3.8, 4) is 0 Å². The van der Waals surface area contributed by atoms with E-state index in [9.17, 15) is 4.79 Å². The number of esters is 1. The number of ether oxygens (including phenoxy) is 1. The van der Waals surface area contributed by atoms with Crippen LogP contribution in [0, 0.1) is 0 Å². The van der Waals surface area contributed by atoms with Crippen molar-refractivity contribution >= 4 is 18.6 Å². The van der Waals surface area contributed by atoms with Crippen LogP contribution in [0.25, 0.3) is 0 Å². The predicted octanol–water partition coefficient (Wildman–Crippen LogP) is -0.831. The Labute approximate surface area is 71.1 Å². The molecule has 5 heteroatoms. The van der Waals surface area contributed by atoms with E-state index in [1.165, 1.54) is 0 Å². The van der Waals surface area contributed by atoms with Gasteiger partial charge in [0.2, 0.25) is 0 Å². The maximum absolute atomic E-state index is 10.8. The van der Waals surface area contributed by atoms with Crippen LogP contribution in [0.5, 0.6) is 0 Å². The van der Waals surface area contributed by atoms with Gasteiger partial charge in [-0.05, 0) is 12.2 Å². The van der Waals surface area contributed by atoms with Crippen molar-refractivity contribution in [2.24, 2.45) is 5.73 Å². The van der Waals surface area contributed by atoms with E-state index in [0.29, 0.717) is 12.2 Å². The number of rotatable bonds is 5. The molecule has 0 aliphatic heterocycles. The van der Waals surface area contributed by atoms with Crippen molar-refractivity contribution in [1.29, 1.82) is 0 Å². The molecule has 0 fully saturated rings. The van der Waals surface area contributed by atoms with Gasteiger partial charge in [0, 0.05) is 0 Å². The Hall–Kier alpha value is -0.260. The van der Waals surface area contributed by atoms with Gasteiger partial charge in [-0.1, -0.05) is 0 Å². The summed E-state index contributed by atoms with van der Waals surface area (Å²) in [7, 11) is 0. The minimum atomic E-state index is -0.612. The highest BCUT2D eigenvalue weighted by Crippen LogP contribution is 1.93. The van der Waals surface area contributed by atoms with Crippen molar-refractivity contribution < 1.29 is 14.6 Å². The third-order valence-electron chi connectivity index (χ3n) is 1.08. The highest BCUT2D eigenvalue weighted by Gasteiger charge is 2.12. The number of aliphatic hydroxyl groups is 1. The average Bonchev–Trinajstić information content (AvgIpc) is 2.00. The summed E-state index contributed by atoms with van der Waals surface area (Å²) in [6.07, 6.45) is 0.493. The Morgan fingerprint density at radius 1 is 1.73 bits per heavy atom. The molecule has 0 saturated carbocycles. The molecule has 0 aromatic heterocycles. The predicted molar refractivity (Wildman–Crippen MR) is 44.5 cm³/mol. The van der Waals surface area contributed by atoms with Crippen LogP contribution < -0.4 is 5.73 Å². The summed E-state index contributed by atoms with van der Waals surface area (Å²) in [6.45, 7) is -0.154. The Bertz CT molecular complexity index is 120. The van der Waals surface area contributed by atoms with Gasteiger partial charge in [0.1, 0.15) is 12.6 Å². The summed E-state index contributed by atoms with van der Waals surface area (Å²) in [4.78, 5) is 10.8. The maximum atomic E-state index is 10.8. The number of carbonyl (C=O) groups is 1. The zero-order chi connectivity index (χ0) is 8.69. The first-order valence-corrected chi connectivity index (χ1v) is 3.99. The lowest BCUT2D eigenvalue weighted by molar-refractivity contribution is -0.146. The molecule has 0 aromatic rings. The molecule has 0 aliphatic rings. The fourth-order valence-electron chi connectivity index (χ4n) is 0.510. The third-order valence-corrected chi connectivity index (χ3v) is 1.34. The minimum Gasteiger partial charge on any atom is -0.462 e. The number of hydrogen-bond acceptors (Lipinski definition) is 5. The molecule has 0 heterocycles. The second-order valence-electron chi connectivity index (χ2n) is 2.01. The van der Waals surface area contributed by atoms with Gasteiger partial charge in [-0.2, -0.15) is 12.6 Å². The van der Waals surface area contributed by atoms with E-state index in [2.05, 4.69) is 17.4 Å². The topological polar surface area (TPSA) is 72.6 Å². The van der Waals surface area contributed by atoms with Crippen molar-refractivity contribution in [1.82, 2.24) is 0 Å². The zero-order valence-electron chi connectivity index (χ0n) is 6.19. The SMILES string of the molecule is N[C@H](CCS)C(=O)OCCO. The summed E-state index contributed by atoms with van der Waals surface area (Å²) in [5.41, 5.74) is 5.36. The van der Waals surface area contributed by atoms with E-state index in [0.717, 1.165) is 0 Å². The minimum absolute atomic E-state index is 0.0130. The van der Waals surface area contributed by atoms with E-state index in [-0.39, 0.29) is 13.2 Å². The first-order chi connectivity index (χ1) is 5.22. The monoisotopic (exact) mass is 179 g/mol. The number of nitrogens with two attached hydrogens (primary N) is 1. The third kappa shape index (κ3) is 5.06. The van der Waals surface area contributed by atoms with Crippen LogP contribution in [0.15, 0.2) is 0 Å². The van der Waals surface area contributed by atoms with Crippen molar-refractivity contribution in [2.45, 2.75) is 12.5 Å². The molecule has 0 radical (unpaired) electrons. The van der Waals surface area contributed by atoms with Crippen molar-refractivity contribution in [2.75, 3.05) is 19.0 Å². The molecule has 0 bridgehead atoms. The number of aliphatic hydroxyl groups excluding tert-OH is 1. The zero-order valence-corrected chi connectivity index (χ0v) is 7.09. The van der Waals surface area contributed by atoms with Crippen LogP contribution >= 0.6 is 12.6 Å². The molecule has 0 unspecified atom stereocenters. The van der Waals surface area contributed by atoms with Gasteiger partial charge in [0.05, 0.1) is 6.61 Å². The van der Waals surface area contributed by atoms with Crippen LogP contribution in [0.1, 0.15) is 6.42 Å². The van der Waals surface area contributed by atoms with Gasteiger partial charge in [-0.25, -0.2) is 0 Å². The molecule has 0 amide bonds. The second-order valence-corrected chi connectivity index (χ2v) is 2.46. The van der Waals surface area contributed by atoms with Crippen LogP contribution in [0.4, 0.5) is 0 Å². The standard InChI is InChI=1S/C6H13NO3S/c7-5(1-4-11)6(9)10-3-2-8/h5,8,11H,1-4,7H2/t5-/m1/s1. The van der Waals surface area contributed by atoms with E-state index < -0.39 is 12.0 Å². The largest absolute Gasteiger partial charge is 0.462 e. The molecule has 0 spiro atoms. The molecule has 66 valence electrons. The van der Waals surface area contributed by atoms with Gasteiger partial charge in [-0.3, -0.25) is 4.79 Å². The quantitative estimate of drug-likeness (QED) is 0.380. The first-order valence-electron chi connectivity index (χ1n) is 3.36. The highest BCUT2D eigenvalue weighted by atomic mass is 32.1. The molecule has 11 heavy (non-hydrogen) atoms. The van der Waals surface area contributed by atoms with Gasteiger partial charge in [0.15, 0.2) is 0 Å². The Morgan fingerprint density at radius 2 is 2.36 bits per heavy atom. The lowest BCUT2D eigenvalue weighted by atomic mass is 10.2. The molecule has 0 aliphatic carbocycles. The molecule has 0 rings (SSSR count). The fraction of sp³-hybridized carbons (Fsp3) is 0.833. The summed E-state index contributed by atoms with van der Waals surface area (Å²) in [5.74, 6) is 0.0724. The van der Waals surface area contributed by atoms with Crippen LogP contribution in [-0.4, -0.2) is 36.1 Å². The highest BCUT2D eigenvalue weighted by molar-refractivity contribution is 7.80. The Morgan fingerprint density at radius 3 is 2.82 bits per heavy atom. The first kappa shape index (κ1) is 10.7. The Balaban J connectivity index is 3.47. The lowest BCUT2D eigenvalue weighted by Crippen LogP contribution is -2.33. The van der Waals surface area contributed by atoms with Gasteiger partial charge < -0.3 is 15.6 Å². The van der Waals surface area contributed by atoms with E-state index in [1.807, 2.05) is 0 Å². The number of hydrogen-bond donors (Lipinski definition) is 3. The fourth-order valence-corrected chi connectivity index (χ4v) is 0.788. The average molecular weight is 179 g/mol. The normalized spacial score (nSPS) is 12.6. The molecule has 3 N–H and O–H groups in total. The van der Waals surface area contributed by atoms with Crippen LogP contribution in [0.3, 0.4) is 0 Å². The van der Waals surface area contributed by atoms with Gasteiger partial charge in [-0.15, -0.1) is 0 Å². The van der Waals surface area contributed by atoms with Gasteiger partial charge in [0.25, 0.3) is 0 Å². The number of thiol groups is 1. The van der Waals surface area contributed by atoms with Crippen molar-refractivity contribution in [3.63, 3.8) is 0 Å². The molecule has 1 atom stereocenters. The van der Waals surface area contributed by atoms with E-state index in [1.54, 1.807) is 0 Å². The maximum Gasteiger partial charge on any atom is 0.323 e. The molecule has 0 aromatic carbocycles. The van der Waals surface area contributed by atoms with Crippen LogP contribution in [-0.2, 0) is 9.53 Å². The molecular weight excluding hydrogens is 166 g/mol. The molecule has 4 nitrogen and oxygen atoms in total. The Kier molecular flexibility index (Phi) is 6.30. The van der Waals surface area contributed by atoms with Crippen LogP contribution in [0.2, 0.25) is 0 Å². The van der Waals surface area contributed by atoms with E-state index in [4.69, 9.17) is 10.8 Å². The smallest absolute Gasteiger partial charge is 0.323 e. The molecular formula is C6H13NO3S. The summed E-state index contributed by atoms with van der Waals surface area (Å²) in [6, 6.07) is -0.612. The number of carbonyl (C=O) groups excluding carboxylic acids is 1. The summed E-state index contributed by atoms with van der Waals surface area (Å²) in [5, 5.41) is 8.29. The van der Waals surface area contributed by atoms with Crippen molar-refractivity contribution in [3.05, 3.63) is 0 Å². The van der Waals surface area contributed by atoms with E-state index >= 15 is 0 Å². The second kappa shape index (κ2) is 6.45.